The van der Waals surface area contributed by atoms with Crippen LogP contribution in [0.25, 0.3) is 0 Å². The second-order valence-corrected chi connectivity index (χ2v) is 6.81. The van der Waals surface area contributed by atoms with Crippen molar-refractivity contribution < 1.29 is 23.9 Å². The maximum atomic E-state index is 13.1. The van der Waals surface area contributed by atoms with Gasteiger partial charge < -0.3 is 15.0 Å². The molecule has 8 heteroatoms. The van der Waals surface area contributed by atoms with E-state index in [0.29, 0.717) is 22.6 Å². The van der Waals surface area contributed by atoms with Gasteiger partial charge in [-0.05, 0) is 23.8 Å². The fourth-order valence-electron chi connectivity index (χ4n) is 3.55. The molecule has 1 N–H and O–H groups in total. The predicted molar refractivity (Wildman–Crippen MR) is 103 cm³/mol. The molecule has 2 aromatic rings. The largest absolute Gasteiger partial charge is 0.477 e. The first-order valence-electron chi connectivity index (χ1n) is 9.20. The third-order valence-corrected chi connectivity index (χ3v) is 5.04. The molecule has 0 unspecified atom stereocenters. The smallest absolute Gasteiger partial charge is 0.262 e. The number of rotatable bonds is 3. The maximum Gasteiger partial charge on any atom is 0.262 e. The van der Waals surface area contributed by atoms with Crippen molar-refractivity contribution >= 4 is 29.3 Å². The minimum absolute atomic E-state index is 0.0116. The lowest BCUT2D eigenvalue weighted by molar-refractivity contribution is -0.133. The number of imide groups is 1. The van der Waals surface area contributed by atoms with Crippen LogP contribution in [0.3, 0.4) is 0 Å². The Morgan fingerprint density at radius 2 is 1.83 bits per heavy atom. The maximum absolute atomic E-state index is 13.1. The number of nitrogens with zero attached hydrogens (tertiary/aromatic N) is 2. The summed E-state index contributed by atoms with van der Waals surface area (Å²) in [5, 5.41) is 2.51. The van der Waals surface area contributed by atoms with Gasteiger partial charge in [0.25, 0.3) is 11.8 Å². The number of para-hydroxylation sites is 2. The summed E-state index contributed by atoms with van der Waals surface area (Å²) in [5.41, 5.74) is 1.57. The van der Waals surface area contributed by atoms with Gasteiger partial charge in [0.15, 0.2) is 6.10 Å². The van der Waals surface area contributed by atoms with E-state index in [1.807, 2.05) is 0 Å². The quantitative estimate of drug-likeness (QED) is 0.777. The molecule has 2 aliphatic rings. The highest BCUT2D eigenvalue weighted by Crippen LogP contribution is 2.33. The Bertz CT molecular complexity index is 1020. The fourth-order valence-corrected chi connectivity index (χ4v) is 3.55. The molecule has 4 rings (SSSR count). The molecule has 0 fully saturated rings. The number of fused-ring (bicyclic) bond motifs is 2. The van der Waals surface area contributed by atoms with Crippen LogP contribution in [0, 0.1) is 0 Å². The molecule has 0 bridgehead atoms. The van der Waals surface area contributed by atoms with Crippen LogP contribution in [-0.4, -0.2) is 54.8 Å². The molecule has 0 spiro atoms. The third kappa shape index (κ3) is 3.33. The molecule has 2 aliphatic heterocycles. The SMILES string of the molecule is CNC(=O)[C@@H]1CN(C(=O)CN2C(=O)Cc3ccccc3C2=O)c2ccccc2O1. The van der Waals surface area contributed by atoms with Crippen LogP contribution < -0.4 is 15.0 Å². The fraction of sp³-hybridized carbons (Fsp3) is 0.238. The molecule has 1 atom stereocenters. The van der Waals surface area contributed by atoms with Crippen molar-refractivity contribution in [1.29, 1.82) is 0 Å². The van der Waals surface area contributed by atoms with E-state index in [-0.39, 0.29) is 18.9 Å². The van der Waals surface area contributed by atoms with Crippen molar-refractivity contribution in [3.05, 3.63) is 59.7 Å². The molecule has 148 valence electrons. The molecular weight excluding hydrogens is 374 g/mol. The minimum Gasteiger partial charge on any atom is -0.477 e. The lowest BCUT2D eigenvalue weighted by Gasteiger charge is -2.35. The Kier molecular flexibility index (Phi) is 4.75. The highest BCUT2D eigenvalue weighted by molar-refractivity contribution is 6.12. The van der Waals surface area contributed by atoms with Gasteiger partial charge in [-0.1, -0.05) is 30.3 Å². The minimum atomic E-state index is -0.882. The molecule has 0 saturated carbocycles. The van der Waals surface area contributed by atoms with E-state index in [2.05, 4.69) is 5.32 Å². The van der Waals surface area contributed by atoms with Crippen LogP contribution >= 0.6 is 0 Å². The number of hydrogen-bond acceptors (Lipinski definition) is 5. The van der Waals surface area contributed by atoms with E-state index in [9.17, 15) is 19.2 Å². The van der Waals surface area contributed by atoms with Crippen LogP contribution in [0.4, 0.5) is 5.69 Å². The summed E-state index contributed by atoms with van der Waals surface area (Å²) in [6, 6.07) is 13.7. The molecule has 29 heavy (non-hydrogen) atoms. The summed E-state index contributed by atoms with van der Waals surface area (Å²) >= 11 is 0. The van der Waals surface area contributed by atoms with E-state index < -0.39 is 30.4 Å². The van der Waals surface area contributed by atoms with Gasteiger partial charge in [0.2, 0.25) is 11.8 Å². The van der Waals surface area contributed by atoms with Crippen molar-refractivity contribution in [2.75, 3.05) is 25.0 Å². The summed E-state index contributed by atoms with van der Waals surface area (Å²) in [6.45, 7) is -0.414. The van der Waals surface area contributed by atoms with Gasteiger partial charge in [-0.3, -0.25) is 24.1 Å². The molecule has 2 heterocycles. The average Bonchev–Trinajstić information content (AvgIpc) is 2.75. The zero-order valence-electron chi connectivity index (χ0n) is 15.8. The molecular formula is C21H19N3O5. The summed E-state index contributed by atoms with van der Waals surface area (Å²) < 4.78 is 5.69. The first-order valence-corrected chi connectivity index (χ1v) is 9.20. The second kappa shape index (κ2) is 7.38. The van der Waals surface area contributed by atoms with Crippen LogP contribution in [0.1, 0.15) is 15.9 Å². The van der Waals surface area contributed by atoms with Gasteiger partial charge in [-0.15, -0.1) is 0 Å². The van der Waals surface area contributed by atoms with Crippen molar-refractivity contribution in [2.45, 2.75) is 12.5 Å². The Morgan fingerprint density at radius 1 is 1.10 bits per heavy atom. The van der Waals surface area contributed by atoms with Crippen molar-refractivity contribution in [2.24, 2.45) is 0 Å². The summed E-state index contributed by atoms with van der Waals surface area (Å²) in [4.78, 5) is 52.8. The Morgan fingerprint density at radius 3 is 2.62 bits per heavy atom. The number of hydrogen-bond donors (Lipinski definition) is 1. The summed E-state index contributed by atoms with van der Waals surface area (Å²) in [7, 11) is 1.49. The van der Waals surface area contributed by atoms with Gasteiger partial charge in [-0.25, -0.2) is 0 Å². The van der Waals surface area contributed by atoms with Gasteiger partial charge in [-0.2, -0.15) is 0 Å². The van der Waals surface area contributed by atoms with Gasteiger partial charge in [0, 0.05) is 12.6 Å². The van der Waals surface area contributed by atoms with Crippen LogP contribution in [-0.2, 0) is 20.8 Å². The second-order valence-electron chi connectivity index (χ2n) is 6.81. The molecule has 8 nitrogen and oxygen atoms in total. The molecule has 0 aliphatic carbocycles. The Labute approximate surface area is 167 Å². The van der Waals surface area contributed by atoms with E-state index >= 15 is 0 Å². The zero-order chi connectivity index (χ0) is 20.5. The first-order chi connectivity index (χ1) is 14.0. The van der Waals surface area contributed by atoms with Gasteiger partial charge in [0.05, 0.1) is 18.7 Å². The lowest BCUT2D eigenvalue weighted by Crippen LogP contribution is -2.54. The van der Waals surface area contributed by atoms with Crippen molar-refractivity contribution in [3.8, 4) is 5.75 Å². The Balaban J connectivity index is 1.60. The topological polar surface area (TPSA) is 96.0 Å². The average molecular weight is 393 g/mol. The number of ether oxygens (including phenoxy) is 1. The normalized spacial score (nSPS) is 17.9. The standard InChI is InChI=1S/C21H19N3O5/c1-22-20(27)17-11-23(15-8-4-5-9-16(15)29-17)19(26)12-24-18(25)10-13-6-2-3-7-14(13)21(24)28/h2-9,17H,10-12H2,1H3,(H,22,27)/t17-/m0/s1. The lowest BCUT2D eigenvalue weighted by atomic mass is 9.98. The summed E-state index contributed by atoms with van der Waals surface area (Å²) in [6.07, 6.45) is -0.817. The monoisotopic (exact) mass is 393 g/mol. The Hall–Kier alpha value is -3.68. The van der Waals surface area contributed by atoms with Crippen LogP contribution in [0.5, 0.6) is 5.75 Å². The van der Waals surface area contributed by atoms with Crippen LogP contribution in [0.15, 0.2) is 48.5 Å². The van der Waals surface area contributed by atoms with Gasteiger partial charge >= 0.3 is 0 Å². The molecule has 4 amide bonds. The highest BCUT2D eigenvalue weighted by Gasteiger charge is 2.37. The van der Waals surface area contributed by atoms with Gasteiger partial charge in [0.1, 0.15) is 12.3 Å². The third-order valence-electron chi connectivity index (χ3n) is 5.04. The number of likely N-dealkylation sites (N-methyl/N-ethyl adjacent to an activating group) is 1. The van der Waals surface area contributed by atoms with E-state index in [1.54, 1.807) is 48.5 Å². The number of benzene rings is 2. The number of carbonyl (C=O) groups is 4. The van der Waals surface area contributed by atoms with Crippen molar-refractivity contribution in [1.82, 2.24) is 10.2 Å². The number of anilines is 1. The summed E-state index contributed by atoms with van der Waals surface area (Å²) in [5.74, 6) is -1.35. The molecule has 0 radical (unpaired) electrons. The van der Waals surface area contributed by atoms with E-state index in [1.165, 1.54) is 11.9 Å². The van der Waals surface area contributed by atoms with Crippen molar-refractivity contribution in [3.63, 3.8) is 0 Å². The van der Waals surface area contributed by atoms with E-state index in [4.69, 9.17) is 4.74 Å². The number of carbonyl (C=O) groups excluding carboxylic acids is 4. The predicted octanol–water partition coefficient (Wildman–Crippen LogP) is 0.752. The van der Waals surface area contributed by atoms with E-state index in [0.717, 1.165) is 4.90 Å². The number of amides is 4. The highest BCUT2D eigenvalue weighted by atomic mass is 16.5. The molecule has 0 aromatic heterocycles. The molecule has 2 aromatic carbocycles. The first kappa shape index (κ1) is 18.7. The zero-order valence-corrected chi connectivity index (χ0v) is 15.8. The number of nitrogens with one attached hydrogen (secondary N) is 1. The van der Waals surface area contributed by atoms with Crippen LogP contribution in [0.2, 0.25) is 0 Å². The molecule has 0 saturated heterocycles.